The van der Waals surface area contributed by atoms with Crippen molar-refractivity contribution in [2.45, 2.75) is 33.1 Å². The van der Waals surface area contributed by atoms with Gasteiger partial charge in [0.2, 0.25) is 0 Å². The molecule has 0 amide bonds. The van der Waals surface area contributed by atoms with Crippen molar-refractivity contribution in [3.8, 4) is 0 Å². The first-order valence-corrected chi connectivity index (χ1v) is 6.98. The minimum atomic E-state index is -0.145. The zero-order valence-corrected chi connectivity index (χ0v) is 13.3. The Morgan fingerprint density at radius 1 is 1.14 bits per heavy atom. The highest BCUT2D eigenvalue weighted by molar-refractivity contribution is 5.64. The maximum Gasteiger partial charge on any atom is 0.145 e. The Bertz CT molecular complexity index is 631. The molecule has 1 heterocycles. The van der Waals surface area contributed by atoms with Gasteiger partial charge in [-0.15, -0.1) is 0 Å². The van der Waals surface area contributed by atoms with Gasteiger partial charge < -0.3 is 10.3 Å². The quantitative estimate of drug-likeness (QED) is 0.670. The van der Waals surface area contributed by atoms with E-state index in [4.69, 9.17) is 5.84 Å². The van der Waals surface area contributed by atoms with Crippen LogP contribution in [0.5, 0.6) is 0 Å². The molecule has 112 valence electrons. The second kappa shape index (κ2) is 5.69. The van der Waals surface area contributed by atoms with Crippen LogP contribution in [0.25, 0.3) is 0 Å². The van der Waals surface area contributed by atoms with E-state index in [0.29, 0.717) is 5.82 Å². The largest absolute Gasteiger partial charge is 0.329 e. The van der Waals surface area contributed by atoms with Gasteiger partial charge in [-0.05, 0) is 18.6 Å². The van der Waals surface area contributed by atoms with Gasteiger partial charge in [0.15, 0.2) is 0 Å². The summed E-state index contributed by atoms with van der Waals surface area (Å²) in [5.74, 6) is 7.73. The Balaban J connectivity index is 2.51. The lowest BCUT2D eigenvalue weighted by atomic mass is 9.96. The van der Waals surface area contributed by atoms with Crippen molar-refractivity contribution >= 4 is 17.3 Å². The van der Waals surface area contributed by atoms with Crippen LogP contribution in [-0.4, -0.2) is 17.0 Å². The maximum absolute atomic E-state index is 5.54. The van der Waals surface area contributed by atoms with E-state index in [0.717, 1.165) is 17.3 Å². The zero-order chi connectivity index (χ0) is 15.6. The molecule has 0 saturated carbocycles. The summed E-state index contributed by atoms with van der Waals surface area (Å²) in [6, 6.07) is 10.1. The van der Waals surface area contributed by atoms with Crippen molar-refractivity contribution in [2.75, 3.05) is 17.4 Å². The molecule has 0 bridgehead atoms. The number of benzene rings is 1. The summed E-state index contributed by atoms with van der Waals surface area (Å²) >= 11 is 0. The summed E-state index contributed by atoms with van der Waals surface area (Å²) < 4.78 is 0. The van der Waals surface area contributed by atoms with Crippen LogP contribution in [0.1, 0.15) is 32.2 Å². The second-order valence-corrected chi connectivity index (χ2v) is 6.17. The summed E-state index contributed by atoms with van der Waals surface area (Å²) in [5, 5.41) is 0. The first kappa shape index (κ1) is 15.3. The summed E-state index contributed by atoms with van der Waals surface area (Å²) in [4.78, 5) is 11.2. The van der Waals surface area contributed by atoms with E-state index in [2.05, 4.69) is 55.2 Å². The number of aryl methyl sites for hydroxylation is 1. The Kier molecular flexibility index (Phi) is 4.14. The lowest BCUT2D eigenvalue weighted by Crippen LogP contribution is -2.22. The van der Waals surface area contributed by atoms with Crippen LogP contribution in [0.15, 0.2) is 30.3 Å². The minimum Gasteiger partial charge on any atom is -0.329 e. The number of para-hydroxylation sites is 1. The van der Waals surface area contributed by atoms with E-state index in [9.17, 15) is 0 Å². The van der Waals surface area contributed by atoms with Crippen LogP contribution >= 0.6 is 0 Å². The van der Waals surface area contributed by atoms with Gasteiger partial charge in [0.25, 0.3) is 0 Å². The molecular formula is C16H23N5. The summed E-state index contributed by atoms with van der Waals surface area (Å²) in [6.07, 6.45) is 0. The smallest absolute Gasteiger partial charge is 0.145 e. The fraction of sp³-hybridized carbons (Fsp3) is 0.375. The molecule has 1 aromatic heterocycles. The molecule has 0 radical (unpaired) electrons. The molecule has 1 aromatic carbocycles. The van der Waals surface area contributed by atoms with E-state index in [1.807, 2.05) is 30.1 Å². The fourth-order valence-electron chi connectivity index (χ4n) is 2.08. The van der Waals surface area contributed by atoms with E-state index >= 15 is 0 Å². The molecule has 0 saturated heterocycles. The number of nitrogens with zero attached hydrogens (tertiary/aromatic N) is 3. The van der Waals surface area contributed by atoms with Gasteiger partial charge in [-0.3, -0.25) is 0 Å². The summed E-state index contributed by atoms with van der Waals surface area (Å²) in [6.45, 7) is 8.33. The van der Waals surface area contributed by atoms with Crippen molar-refractivity contribution < 1.29 is 0 Å². The van der Waals surface area contributed by atoms with Gasteiger partial charge in [-0.2, -0.15) is 0 Å². The number of hydrogen-bond donors (Lipinski definition) is 2. The molecule has 0 spiro atoms. The van der Waals surface area contributed by atoms with Crippen LogP contribution in [0.3, 0.4) is 0 Å². The number of rotatable bonds is 3. The Morgan fingerprint density at radius 3 is 2.38 bits per heavy atom. The number of hydrazine groups is 1. The summed E-state index contributed by atoms with van der Waals surface area (Å²) in [5.41, 5.74) is 4.78. The third-order valence-electron chi connectivity index (χ3n) is 3.35. The lowest BCUT2D eigenvalue weighted by molar-refractivity contribution is 0.546. The molecule has 0 aliphatic rings. The number of aromatic nitrogens is 2. The first-order chi connectivity index (χ1) is 9.82. The highest BCUT2D eigenvalue weighted by Crippen LogP contribution is 2.28. The van der Waals surface area contributed by atoms with E-state index in [-0.39, 0.29) is 5.41 Å². The molecule has 3 N–H and O–H groups in total. The van der Waals surface area contributed by atoms with Gasteiger partial charge >= 0.3 is 0 Å². The second-order valence-electron chi connectivity index (χ2n) is 6.17. The van der Waals surface area contributed by atoms with Gasteiger partial charge in [0.05, 0.1) is 0 Å². The van der Waals surface area contributed by atoms with Crippen molar-refractivity contribution in [1.29, 1.82) is 0 Å². The predicted octanol–water partition coefficient (Wildman–Crippen LogP) is 3.14. The van der Waals surface area contributed by atoms with Crippen LogP contribution in [0.2, 0.25) is 0 Å². The third kappa shape index (κ3) is 3.31. The fourth-order valence-corrected chi connectivity index (χ4v) is 2.08. The predicted molar refractivity (Wildman–Crippen MR) is 87.8 cm³/mol. The van der Waals surface area contributed by atoms with Gasteiger partial charge in [0.1, 0.15) is 17.5 Å². The number of nitrogens with one attached hydrogen (secondary N) is 1. The van der Waals surface area contributed by atoms with E-state index in [1.54, 1.807) is 0 Å². The summed E-state index contributed by atoms with van der Waals surface area (Å²) in [7, 11) is 2.00. The van der Waals surface area contributed by atoms with Gasteiger partial charge in [-0.25, -0.2) is 15.8 Å². The maximum atomic E-state index is 5.54. The molecule has 2 rings (SSSR count). The van der Waals surface area contributed by atoms with Crippen LogP contribution in [0.4, 0.5) is 17.3 Å². The molecule has 2 aromatic rings. The SMILES string of the molecule is Cc1ccccc1N(C)c1cc(NN)nc(C(C)(C)C)n1. The molecule has 0 fully saturated rings. The zero-order valence-electron chi connectivity index (χ0n) is 13.3. The Labute approximate surface area is 126 Å². The molecule has 5 nitrogen and oxygen atoms in total. The molecule has 0 aliphatic carbocycles. The van der Waals surface area contributed by atoms with Crippen LogP contribution in [-0.2, 0) is 5.41 Å². The van der Waals surface area contributed by atoms with E-state index in [1.165, 1.54) is 5.56 Å². The molecule has 21 heavy (non-hydrogen) atoms. The van der Waals surface area contributed by atoms with Crippen molar-refractivity contribution in [3.05, 3.63) is 41.7 Å². The average molecular weight is 285 g/mol. The van der Waals surface area contributed by atoms with Crippen LogP contribution < -0.4 is 16.2 Å². The lowest BCUT2D eigenvalue weighted by Gasteiger charge is -2.24. The standard InChI is InChI=1S/C16H23N5/c1-11-8-6-7-9-12(11)21(5)14-10-13(20-17)18-15(19-14)16(2,3)4/h6-10H,17H2,1-5H3,(H,18,19,20). The molecule has 5 heteroatoms. The third-order valence-corrected chi connectivity index (χ3v) is 3.35. The van der Waals surface area contributed by atoms with Crippen molar-refractivity contribution in [3.63, 3.8) is 0 Å². The first-order valence-electron chi connectivity index (χ1n) is 6.98. The average Bonchev–Trinajstić information content (AvgIpc) is 2.45. The number of nitrogen functional groups attached to an aromatic ring is 1. The van der Waals surface area contributed by atoms with Crippen molar-refractivity contribution in [2.24, 2.45) is 5.84 Å². The Hall–Kier alpha value is -2.14. The number of nitrogens with two attached hydrogens (primary N) is 1. The molecular weight excluding hydrogens is 262 g/mol. The monoisotopic (exact) mass is 285 g/mol. The number of hydrogen-bond acceptors (Lipinski definition) is 5. The Morgan fingerprint density at radius 2 is 1.81 bits per heavy atom. The highest BCUT2D eigenvalue weighted by Gasteiger charge is 2.20. The van der Waals surface area contributed by atoms with Crippen molar-refractivity contribution in [1.82, 2.24) is 9.97 Å². The van der Waals surface area contributed by atoms with E-state index < -0.39 is 0 Å². The highest BCUT2D eigenvalue weighted by atomic mass is 15.3. The van der Waals surface area contributed by atoms with Gasteiger partial charge in [0, 0.05) is 24.2 Å². The molecule has 0 atom stereocenters. The molecule has 0 unspecified atom stereocenters. The normalized spacial score (nSPS) is 11.3. The van der Waals surface area contributed by atoms with Gasteiger partial charge in [-0.1, -0.05) is 39.0 Å². The van der Waals surface area contributed by atoms with Crippen LogP contribution in [0, 0.1) is 6.92 Å². The molecule has 0 aliphatic heterocycles. The topological polar surface area (TPSA) is 67.1 Å². The minimum absolute atomic E-state index is 0.145. The number of anilines is 3.